The van der Waals surface area contributed by atoms with Crippen molar-refractivity contribution in [2.45, 2.75) is 13.5 Å². The number of anilines is 2. The summed E-state index contributed by atoms with van der Waals surface area (Å²) in [6, 6.07) is 22.1. The second kappa shape index (κ2) is 5.36. The quantitative estimate of drug-likeness (QED) is 0.506. The maximum atomic E-state index is 9.93. The van der Waals surface area contributed by atoms with Gasteiger partial charge in [-0.05, 0) is 43.3 Å². The molecule has 114 valence electrons. The van der Waals surface area contributed by atoms with Crippen molar-refractivity contribution in [2.75, 3.05) is 5.32 Å². The lowest BCUT2D eigenvalue weighted by atomic mass is 10.1. The number of hydrogen-bond donors (Lipinski definition) is 2. The molecule has 3 heteroatoms. The monoisotopic (exact) mass is 302 g/mol. The van der Waals surface area contributed by atoms with Crippen LogP contribution in [0.4, 0.5) is 11.4 Å². The van der Waals surface area contributed by atoms with Crippen LogP contribution in [0.1, 0.15) is 6.92 Å². The van der Waals surface area contributed by atoms with Gasteiger partial charge in [-0.25, -0.2) is 0 Å². The standard InChI is InChI=1S/C20H18N2O/c1-2-22-18-9-5-3-7-15(18)16-13-14(11-12-19(16)22)21-17-8-4-6-10-20(17)23/h3-13,21,23H,2H2,1H3. The van der Waals surface area contributed by atoms with E-state index in [1.54, 1.807) is 6.07 Å². The second-order valence-electron chi connectivity index (χ2n) is 5.64. The molecule has 1 heterocycles. The van der Waals surface area contributed by atoms with E-state index < -0.39 is 0 Å². The summed E-state index contributed by atoms with van der Waals surface area (Å²) in [6.07, 6.45) is 0. The Hall–Kier alpha value is -2.94. The summed E-state index contributed by atoms with van der Waals surface area (Å²) < 4.78 is 2.33. The van der Waals surface area contributed by atoms with Crippen molar-refractivity contribution in [1.82, 2.24) is 4.57 Å². The van der Waals surface area contributed by atoms with Gasteiger partial charge in [0.15, 0.2) is 0 Å². The predicted octanol–water partition coefficient (Wildman–Crippen LogP) is 5.26. The molecule has 2 N–H and O–H groups in total. The summed E-state index contributed by atoms with van der Waals surface area (Å²) in [5.74, 6) is 0.253. The largest absolute Gasteiger partial charge is 0.506 e. The van der Waals surface area contributed by atoms with Gasteiger partial charge in [0.05, 0.1) is 5.69 Å². The third kappa shape index (κ3) is 2.21. The minimum absolute atomic E-state index is 0.253. The Morgan fingerprint density at radius 3 is 2.43 bits per heavy atom. The number of para-hydroxylation sites is 3. The van der Waals surface area contributed by atoms with Gasteiger partial charge < -0.3 is 15.0 Å². The molecule has 0 unspecified atom stereocenters. The maximum absolute atomic E-state index is 9.93. The van der Waals surface area contributed by atoms with Crippen LogP contribution in [0.15, 0.2) is 66.7 Å². The van der Waals surface area contributed by atoms with E-state index in [1.165, 1.54) is 21.8 Å². The first-order valence-electron chi connectivity index (χ1n) is 7.84. The Balaban J connectivity index is 1.88. The number of fused-ring (bicyclic) bond motifs is 3. The fourth-order valence-corrected chi connectivity index (χ4v) is 3.21. The Bertz CT molecular complexity index is 1000. The molecule has 0 aliphatic heterocycles. The SMILES string of the molecule is CCn1c2ccccc2c2cc(Nc3ccccc3O)ccc21. The van der Waals surface area contributed by atoms with E-state index in [-0.39, 0.29) is 5.75 Å². The molecule has 0 atom stereocenters. The molecule has 23 heavy (non-hydrogen) atoms. The van der Waals surface area contributed by atoms with Gasteiger partial charge in [0.1, 0.15) is 5.75 Å². The van der Waals surface area contributed by atoms with Gasteiger partial charge in [-0.1, -0.05) is 30.3 Å². The summed E-state index contributed by atoms with van der Waals surface area (Å²) in [5.41, 5.74) is 4.17. The van der Waals surface area contributed by atoms with Gasteiger partial charge in [0.2, 0.25) is 0 Å². The number of phenolic OH excluding ortho intramolecular Hbond substituents is 1. The number of benzene rings is 3. The number of nitrogens with one attached hydrogen (secondary N) is 1. The number of nitrogens with zero attached hydrogens (tertiary/aromatic N) is 1. The molecule has 1 aromatic heterocycles. The highest BCUT2D eigenvalue weighted by atomic mass is 16.3. The highest BCUT2D eigenvalue weighted by Crippen LogP contribution is 2.33. The molecular formula is C20H18N2O. The van der Waals surface area contributed by atoms with Gasteiger partial charge in [-0.15, -0.1) is 0 Å². The summed E-state index contributed by atoms with van der Waals surface area (Å²) in [5, 5.41) is 15.7. The lowest BCUT2D eigenvalue weighted by Gasteiger charge is -2.09. The van der Waals surface area contributed by atoms with E-state index in [9.17, 15) is 5.11 Å². The van der Waals surface area contributed by atoms with E-state index in [2.05, 4.69) is 59.3 Å². The number of aromatic hydroxyl groups is 1. The molecule has 4 aromatic rings. The molecule has 0 fully saturated rings. The minimum Gasteiger partial charge on any atom is -0.506 e. The topological polar surface area (TPSA) is 37.2 Å². The van der Waals surface area contributed by atoms with Crippen molar-refractivity contribution in [1.29, 1.82) is 0 Å². The second-order valence-corrected chi connectivity index (χ2v) is 5.64. The molecule has 4 rings (SSSR count). The zero-order chi connectivity index (χ0) is 15.8. The third-order valence-corrected chi connectivity index (χ3v) is 4.27. The van der Waals surface area contributed by atoms with Gasteiger partial charge >= 0.3 is 0 Å². The third-order valence-electron chi connectivity index (χ3n) is 4.27. The van der Waals surface area contributed by atoms with E-state index in [0.29, 0.717) is 5.69 Å². The molecular weight excluding hydrogens is 284 g/mol. The first-order chi connectivity index (χ1) is 11.3. The molecule has 0 aliphatic rings. The van der Waals surface area contributed by atoms with Crippen LogP contribution in [0.2, 0.25) is 0 Å². The van der Waals surface area contributed by atoms with Crippen LogP contribution in [-0.2, 0) is 6.54 Å². The average molecular weight is 302 g/mol. The first-order valence-corrected chi connectivity index (χ1v) is 7.84. The van der Waals surface area contributed by atoms with Crippen molar-refractivity contribution in [3.8, 4) is 5.75 Å². The van der Waals surface area contributed by atoms with E-state index in [4.69, 9.17) is 0 Å². The van der Waals surface area contributed by atoms with Crippen LogP contribution in [-0.4, -0.2) is 9.67 Å². The van der Waals surface area contributed by atoms with Gasteiger partial charge in [-0.2, -0.15) is 0 Å². The summed E-state index contributed by atoms with van der Waals surface area (Å²) >= 11 is 0. The number of aryl methyl sites for hydroxylation is 1. The van der Waals surface area contributed by atoms with E-state index in [1.807, 2.05) is 18.2 Å². The fourth-order valence-electron chi connectivity index (χ4n) is 3.21. The van der Waals surface area contributed by atoms with Crippen LogP contribution in [0.5, 0.6) is 5.75 Å². The maximum Gasteiger partial charge on any atom is 0.139 e. The van der Waals surface area contributed by atoms with Crippen LogP contribution in [0, 0.1) is 0 Å². The Labute approximate surface area is 134 Å². The van der Waals surface area contributed by atoms with Gasteiger partial charge in [-0.3, -0.25) is 0 Å². The van der Waals surface area contributed by atoms with E-state index in [0.717, 1.165) is 12.2 Å². The van der Waals surface area contributed by atoms with Crippen molar-refractivity contribution < 1.29 is 5.11 Å². The average Bonchev–Trinajstić information content (AvgIpc) is 2.90. The first kappa shape index (κ1) is 13.7. The highest BCUT2D eigenvalue weighted by Gasteiger charge is 2.10. The van der Waals surface area contributed by atoms with Crippen molar-refractivity contribution in [2.24, 2.45) is 0 Å². The van der Waals surface area contributed by atoms with Gasteiger partial charge in [0, 0.05) is 34.0 Å². The number of aromatic nitrogens is 1. The zero-order valence-electron chi connectivity index (χ0n) is 13.0. The Morgan fingerprint density at radius 2 is 1.61 bits per heavy atom. The van der Waals surface area contributed by atoms with Crippen LogP contribution < -0.4 is 5.32 Å². The minimum atomic E-state index is 0.253. The number of hydrogen-bond acceptors (Lipinski definition) is 2. The molecule has 0 spiro atoms. The number of phenols is 1. The van der Waals surface area contributed by atoms with Crippen molar-refractivity contribution in [3.05, 3.63) is 66.7 Å². The molecule has 0 amide bonds. The summed E-state index contributed by atoms with van der Waals surface area (Å²) in [6.45, 7) is 3.11. The molecule has 0 radical (unpaired) electrons. The Morgan fingerprint density at radius 1 is 0.870 bits per heavy atom. The normalized spacial score (nSPS) is 11.2. The van der Waals surface area contributed by atoms with Crippen LogP contribution in [0.25, 0.3) is 21.8 Å². The van der Waals surface area contributed by atoms with Crippen molar-refractivity contribution >= 4 is 33.2 Å². The number of rotatable bonds is 3. The highest BCUT2D eigenvalue weighted by molar-refractivity contribution is 6.09. The lowest BCUT2D eigenvalue weighted by molar-refractivity contribution is 0.478. The molecule has 3 nitrogen and oxygen atoms in total. The molecule has 0 saturated heterocycles. The molecule has 0 aliphatic carbocycles. The van der Waals surface area contributed by atoms with E-state index >= 15 is 0 Å². The van der Waals surface area contributed by atoms with Crippen LogP contribution in [0.3, 0.4) is 0 Å². The summed E-state index contributed by atoms with van der Waals surface area (Å²) in [4.78, 5) is 0. The van der Waals surface area contributed by atoms with Crippen LogP contribution >= 0.6 is 0 Å². The molecule has 0 bridgehead atoms. The predicted molar refractivity (Wildman–Crippen MR) is 96.5 cm³/mol. The fraction of sp³-hybridized carbons (Fsp3) is 0.100. The zero-order valence-corrected chi connectivity index (χ0v) is 13.0. The molecule has 3 aromatic carbocycles. The lowest BCUT2D eigenvalue weighted by Crippen LogP contribution is -1.93. The van der Waals surface area contributed by atoms with Gasteiger partial charge in [0.25, 0.3) is 0 Å². The summed E-state index contributed by atoms with van der Waals surface area (Å²) in [7, 11) is 0. The van der Waals surface area contributed by atoms with Crippen molar-refractivity contribution in [3.63, 3.8) is 0 Å². The molecule has 0 saturated carbocycles. The Kier molecular flexibility index (Phi) is 3.19. The smallest absolute Gasteiger partial charge is 0.139 e.